The van der Waals surface area contributed by atoms with E-state index in [1.807, 2.05) is 42.5 Å². The maximum absolute atomic E-state index is 13.6. The van der Waals surface area contributed by atoms with Gasteiger partial charge in [-0.05, 0) is 97.7 Å². The maximum atomic E-state index is 13.6. The summed E-state index contributed by atoms with van der Waals surface area (Å²) in [6.07, 6.45) is 4.87. The van der Waals surface area contributed by atoms with E-state index in [0.29, 0.717) is 24.2 Å². The average molecular weight is 527 g/mol. The predicted octanol–water partition coefficient (Wildman–Crippen LogP) is 3.92. The Kier molecular flexibility index (Phi) is 4.91. The first kappa shape index (κ1) is 23.6. The summed E-state index contributed by atoms with van der Waals surface area (Å²) in [7, 11) is 1.64. The second-order valence-electron chi connectivity index (χ2n) is 12.3. The van der Waals surface area contributed by atoms with Gasteiger partial charge in [-0.2, -0.15) is 0 Å². The minimum atomic E-state index is -0.958. The summed E-state index contributed by atoms with van der Waals surface area (Å²) in [4.78, 5) is 16.1. The highest BCUT2D eigenvalue weighted by Crippen LogP contribution is 2.65. The van der Waals surface area contributed by atoms with Crippen molar-refractivity contribution in [2.24, 2.45) is 5.92 Å². The number of methoxy groups -OCH3 is 1. The smallest absolute Gasteiger partial charge is 0.251 e. The molecule has 3 N–H and O–H groups in total. The molecule has 2 bridgehead atoms. The second-order valence-corrected chi connectivity index (χ2v) is 12.3. The van der Waals surface area contributed by atoms with Crippen LogP contribution in [0.25, 0.3) is 10.8 Å². The van der Waals surface area contributed by atoms with Gasteiger partial charge in [0, 0.05) is 23.7 Å². The fraction of sp³-hybridized carbons (Fsp3) is 0.469. The van der Waals surface area contributed by atoms with Gasteiger partial charge in [0.2, 0.25) is 0 Å². The van der Waals surface area contributed by atoms with Crippen LogP contribution in [0.15, 0.2) is 48.5 Å². The highest BCUT2D eigenvalue weighted by Gasteiger charge is 2.73. The quantitative estimate of drug-likeness (QED) is 0.467. The molecule has 5 atom stereocenters. The Morgan fingerprint density at radius 2 is 1.92 bits per heavy atom. The molecule has 3 aliphatic carbocycles. The standard InChI is InChI=1S/C32H34N2O5/c1-38-23-8-6-19-14-22(5-4-20(19)15-23)30(36)33-24-10-11-32(37)26-16-21-7-9-25(35)28-27(21)31(32,29(24)39-28)12-13-34(26)17-18-2-3-18/h4-9,14-15,18,24,26,29,35,37H,2-3,10-13,16-17H2,1H3,(H,33,36)/t24-,26?,29+,31+,32-/m1/s1. The molecule has 8 rings (SSSR count). The van der Waals surface area contributed by atoms with E-state index in [1.54, 1.807) is 13.2 Å². The second kappa shape index (κ2) is 8.12. The topological polar surface area (TPSA) is 91.3 Å². The summed E-state index contributed by atoms with van der Waals surface area (Å²) in [5.41, 5.74) is 1.13. The van der Waals surface area contributed by atoms with Crippen LogP contribution in [0.2, 0.25) is 0 Å². The van der Waals surface area contributed by atoms with Crippen molar-refractivity contribution in [1.82, 2.24) is 10.2 Å². The summed E-state index contributed by atoms with van der Waals surface area (Å²) in [5.74, 6) is 2.00. The number of aliphatic hydroxyl groups is 1. The molecule has 0 aromatic heterocycles. The first-order valence-corrected chi connectivity index (χ1v) is 14.3. The molecular formula is C32H34N2O5. The fourth-order valence-corrected chi connectivity index (χ4v) is 8.37. The van der Waals surface area contributed by atoms with Crippen LogP contribution in [0.4, 0.5) is 0 Å². The van der Waals surface area contributed by atoms with Gasteiger partial charge < -0.3 is 25.0 Å². The van der Waals surface area contributed by atoms with Crippen LogP contribution >= 0.6 is 0 Å². The van der Waals surface area contributed by atoms with Gasteiger partial charge in [-0.25, -0.2) is 0 Å². The molecule has 2 aliphatic heterocycles. The van der Waals surface area contributed by atoms with Crippen LogP contribution in [-0.4, -0.2) is 65.0 Å². The van der Waals surface area contributed by atoms with Crippen LogP contribution in [0.3, 0.4) is 0 Å². The van der Waals surface area contributed by atoms with E-state index in [1.165, 1.54) is 12.8 Å². The van der Waals surface area contributed by atoms with E-state index in [-0.39, 0.29) is 23.7 Å². The number of benzene rings is 3. The Balaban J connectivity index is 1.15. The molecule has 0 radical (unpaired) electrons. The first-order valence-electron chi connectivity index (χ1n) is 14.3. The van der Waals surface area contributed by atoms with E-state index >= 15 is 0 Å². The third-order valence-electron chi connectivity index (χ3n) is 10.4. The number of fused-ring (bicyclic) bond motifs is 1. The van der Waals surface area contributed by atoms with Crippen molar-refractivity contribution in [2.45, 2.75) is 67.7 Å². The van der Waals surface area contributed by atoms with Crippen molar-refractivity contribution in [1.29, 1.82) is 0 Å². The Labute approximate surface area is 227 Å². The Hall–Kier alpha value is -3.29. The normalized spacial score (nSPS) is 32.4. The number of nitrogens with one attached hydrogen (secondary N) is 1. The van der Waals surface area contributed by atoms with Crippen molar-refractivity contribution in [2.75, 3.05) is 20.2 Å². The number of rotatable bonds is 5. The molecule has 202 valence electrons. The van der Waals surface area contributed by atoms with Crippen LogP contribution in [0.1, 0.15) is 53.6 Å². The molecule has 7 heteroatoms. The molecule has 3 aromatic rings. The van der Waals surface area contributed by atoms with Crippen molar-refractivity contribution in [3.05, 3.63) is 65.2 Å². The van der Waals surface area contributed by atoms with Crippen LogP contribution in [-0.2, 0) is 11.8 Å². The highest BCUT2D eigenvalue weighted by atomic mass is 16.5. The van der Waals surface area contributed by atoms with Crippen molar-refractivity contribution in [3.8, 4) is 17.2 Å². The number of carbonyl (C=O) groups excluding carboxylic acids is 1. The zero-order valence-electron chi connectivity index (χ0n) is 22.2. The number of aromatic hydroxyl groups is 1. The SMILES string of the molecule is COc1ccc2cc(C(=O)N[C@@H]3CC[C@@]4(O)C5Cc6ccc(O)c7c6[C@@]4(CCN5CC4CC4)[C@H]3O7)ccc2c1. The molecule has 7 nitrogen and oxygen atoms in total. The minimum Gasteiger partial charge on any atom is -0.504 e. The maximum Gasteiger partial charge on any atom is 0.251 e. The summed E-state index contributed by atoms with van der Waals surface area (Å²) < 4.78 is 11.9. The lowest BCUT2D eigenvalue weighted by atomic mass is 9.48. The number of amides is 1. The highest BCUT2D eigenvalue weighted by molar-refractivity contribution is 5.99. The number of likely N-dealkylation sites (tertiary alicyclic amines) is 1. The summed E-state index contributed by atoms with van der Waals surface area (Å²) in [6.45, 7) is 1.94. The Morgan fingerprint density at radius 3 is 2.74 bits per heavy atom. The number of hydrogen-bond donors (Lipinski definition) is 3. The molecule has 39 heavy (non-hydrogen) atoms. The lowest BCUT2D eigenvalue weighted by Crippen LogP contribution is -2.78. The Bertz CT molecular complexity index is 1520. The lowest BCUT2D eigenvalue weighted by molar-refractivity contribution is -0.191. The number of carbonyl (C=O) groups is 1. The number of hydrogen-bond acceptors (Lipinski definition) is 6. The van der Waals surface area contributed by atoms with Gasteiger partial charge in [-0.1, -0.05) is 18.2 Å². The summed E-state index contributed by atoms with van der Waals surface area (Å²) in [5, 5.41) is 28.7. The molecule has 1 spiro atoms. The van der Waals surface area contributed by atoms with Gasteiger partial charge in [-0.3, -0.25) is 9.69 Å². The number of phenols is 1. The average Bonchev–Trinajstić information content (AvgIpc) is 3.69. The molecule has 1 unspecified atom stereocenters. The third kappa shape index (κ3) is 3.20. The number of phenolic OH excluding ortho intramolecular Hbond substituents is 1. The van der Waals surface area contributed by atoms with E-state index < -0.39 is 17.1 Å². The molecule has 5 aliphatic rings. The molecule has 3 fully saturated rings. The zero-order chi connectivity index (χ0) is 26.5. The fourth-order valence-electron chi connectivity index (χ4n) is 8.37. The molecule has 1 amide bonds. The largest absolute Gasteiger partial charge is 0.504 e. The van der Waals surface area contributed by atoms with Crippen molar-refractivity contribution >= 4 is 16.7 Å². The minimum absolute atomic E-state index is 0.0232. The number of nitrogens with zero attached hydrogens (tertiary/aromatic N) is 1. The van der Waals surface area contributed by atoms with E-state index in [0.717, 1.165) is 59.5 Å². The zero-order valence-corrected chi connectivity index (χ0v) is 22.2. The van der Waals surface area contributed by atoms with Gasteiger partial charge in [0.15, 0.2) is 11.5 Å². The van der Waals surface area contributed by atoms with E-state index in [2.05, 4.69) is 10.2 Å². The third-order valence-corrected chi connectivity index (χ3v) is 10.4. The van der Waals surface area contributed by atoms with Gasteiger partial charge in [0.05, 0.1) is 24.2 Å². The van der Waals surface area contributed by atoms with Gasteiger partial charge in [-0.15, -0.1) is 0 Å². The van der Waals surface area contributed by atoms with Crippen LogP contribution < -0.4 is 14.8 Å². The van der Waals surface area contributed by atoms with E-state index in [9.17, 15) is 15.0 Å². The molecule has 3 aromatic carbocycles. The Morgan fingerprint density at radius 1 is 1.10 bits per heavy atom. The van der Waals surface area contributed by atoms with Crippen molar-refractivity contribution in [3.63, 3.8) is 0 Å². The predicted molar refractivity (Wildman–Crippen MR) is 147 cm³/mol. The summed E-state index contributed by atoms with van der Waals surface area (Å²) >= 11 is 0. The molecular weight excluding hydrogens is 492 g/mol. The van der Waals surface area contributed by atoms with Crippen LogP contribution in [0, 0.1) is 5.92 Å². The van der Waals surface area contributed by atoms with Gasteiger partial charge in [0.25, 0.3) is 5.91 Å². The van der Waals surface area contributed by atoms with Crippen molar-refractivity contribution < 1.29 is 24.5 Å². The van der Waals surface area contributed by atoms with Gasteiger partial charge in [0.1, 0.15) is 11.9 Å². The molecule has 1 saturated heterocycles. The van der Waals surface area contributed by atoms with E-state index in [4.69, 9.17) is 9.47 Å². The molecule has 2 heterocycles. The number of piperidine rings is 1. The molecule has 2 saturated carbocycles. The van der Waals surface area contributed by atoms with Gasteiger partial charge >= 0.3 is 0 Å². The van der Waals surface area contributed by atoms with Crippen LogP contribution in [0.5, 0.6) is 17.2 Å². The number of ether oxygens (including phenoxy) is 2. The first-order chi connectivity index (χ1) is 18.9. The summed E-state index contributed by atoms with van der Waals surface area (Å²) in [6, 6.07) is 15.0. The monoisotopic (exact) mass is 526 g/mol. The lowest BCUT2D eigenvalue weighted by Gasteiger charge is -2.64.